The van der Waals surface area contributed by atoms with Crippen molar-refractivity contribution in [1.29, 1.82) is 0 Å². The Labute approximate surface area is 177 Å². The van der Waals surface area contributed by atoms with Crippen molar-refractivity contribution in [2.45, 2.75) is 6.67 Å². The normalized spacial score (nSPS) is 14.9. The molecule has 0 N–H and O–H groups in total. The van der Waals surface area contributed by atoms with Gasteiger partial charge in [0.25, 0.3) is 10.5 Å². The Bertz CT molecular complexity index is 1060. The first kappa shape index (κ1) is 19.6. The Morgan fingerprint density at radius 1 is 1.07 bits per heavy atom. The van der Waals surface area contributed by atoms with Gasteiger partial charge in [0.05, 0.1) is 11.6 Å². The van der Waals surface area contributed by atoms with Crippen LogP contribution in [0.1, 0.15) is 0 Å². The monoisotopic (exact) mass is 431 g/mol. The number of aromatic nitrogens is 2. The Morgan fingerprint density at radius 2 is 1.72 bits per heavy atom. The molecule has 0 radical (unpaired) electrons. The lowest BCUT2D eigenvalue weighted by Crippen LogP contribution is -2.46. The molecule has 8 nitrogen and oxygen atoms in total. The lowest BCUT2D eigenvalue weighted by atomic mass is 10.2. The summed E-state index contributed by atoms with van der Waals surface area (Å²) in [6.45, 7) is 3.81. The maximum Gasteiger partial charge on any atom is 0.288 e. The molecule has 2 aromatic carbocycles. The summed E-state index contributed by atoms with van der Waals surface area (Å²) in [6, 6.07) is 13.9. The zero-order chi connectivity index (χ0) is 20.4. The predicted octanol–water partition coefficient (Wildman–Crippen LogP) is 4.21. The highest BCUT2D eigenvalue weighted by Gasteiger charge is 2.19. The molecule has 1 aliphatic rings. The van der Waals surface area contributed by atoms with Gasteiger partial charge in [-0.05, 0) is 48.6 Å². The first-order chi connectivity index (χ1) is 14.0. The smallest absolute Gasteiger partial charge is 0.288 e. The SMILES string of the molecule is O=[N+]([O-])c1ccc(N2CCN(Cn3nc(-c4ccc(Cl)cc4)oc3=S)CC2)cc1. The summed E-state index contributed by atoms with van der Waals surface area (Å²) in [5, 5.41) is 15.9. The molecule has 1 fully saturated rings. The number of rotatable bonds is 5. The molecule has 0 spiro atoms. The average molecular weight is 432 g/mol. The summed E-state index contributed by atoms with van der Waals surface area (Å²) in [5.74, 6) is 0.469. The molecule has 0 unspecified atom stereocenters. The third-order valence-electron chi connectivity index (χ3n) is 4.83. The van der Waals surface area contributed by atoms with Gasteiger partial charge in [0.1, 0.15) is 0 Å². The van der Waals surface area contributed by atoms with E-state index in [9.17, 15) is 10.1 Å². The van der Waals surface area contributed by atoms with E-state index < -0.39 is 0 Å². The van der Waals surface area contributed by atoms with E-state index in [4.69, 9.17) is 28.2 Å². The Balaban J connectivity index is 1.38. The lowest BCUT2D eigenvalue weighted by Gasteiger charge is -2.35. The zero-order valence-electron chi connectivity index (χ0n) is 15.4. The van der Waals surface area contributed by atoms with E-state index in [0.29, 0.717) is 22.4 Å². The number of nitrogens with zero attached hydrogens (tertiary/aromatic N) is 5. The quantitative estimate of drug-likeness (QED) is 0.340. The van der Waals surface area contributed by atoms with Crippen LogP contribution < -0.4 is 4.90 Å². The summed E-state index contributed by atoms with van der Waals surface area (Å²) in [7, 11) is 0. The van der Waals surface area contributed by atoms with Crippen LogP contribution in [-0.2, 0) is 6.67 Å². The number of anilines is 1. The minimum Gasteiger partial charge on any atom is -0.409 e. The Kier molecular flexibility index (Phi) is 5.61. The highest BCUT2D eigenvalue weighted by molar-refractivity contribution is 7.71. The number of nitro groups is 1. The molecule has 2 heterocycles. The molecule has 10 heteroatoms. The Hall–Kier alpha value is -2.75. The van der Waals surface area contributed by atoms with E-state index in [1.165, 1.54) is 12.1 Å². The van der Waals surface area contributed by atoms with Gasteiger partial charge in [-0.25, -0.2) is 4.68 Å². The maximum absolute atomic E-state index is 10.8. The molecule has 1 aliphatic heterocycles. The molecule has 0 atom stereocenters. The van der Waals surface area contributed by atoms with Crippen LogP contribution in [0.25, 0.3) is 11.5 Å². The van der Waals surface area contributed by atoms with Crippen LogP contribution in [0.3, 0.4) is 0 Å². The maximum atomic E-state index is 10.8. The number of nitro benzene ring substituents is 1. The van der Waals surface area contributed by atoms with Crippen LogP contribution >= 0.6 is 23.8 Å². The van der Waals surface area contributed by atoms with Crippen molar-refractivity contribution in [3.63, 3.8) is 0 Å². The van der Waals surface area contributed by atoms with Crippen LogP contribution in [0.15, 0.2) is 52.9 Å². The van der Waals surface area contributed by atoms with E-state index in [2.05, 4.69) is 14.9 Å². The number of hydrogen-bond donors (Lipinski definition) is 0. The fourth-order valence-electron chi connectivity index (χ4n) is 3.23. The second-order valence-electron chi connectivity index (χ2n) is 6.70. The second-order valence-corrected chi connectivity index (χ2v) is 7.49. The minimum absolute atomic E-state index is 0.101. The summed E-state index contributed by atoms with van der Waals surface area (Å²) in [5.41, 5.74) is 1.91. The zero-order valence-corrected chi connectivity index (χ0v) is 17.0. The van der Waals surface area contributed by atoms with E-state index in [1.54, 1.807) is 28.9 Å². The van der Waals surface area contributed by atoms with Crippen molar-refractivity contribution in [2.24, 2.45) is 0 Å². The van der Waals surface area contributed by atoms with Crippen molar-refractivity contribution in [3.05, 3.63) is 68.5 Å². The molecule has 3 aromatic rings. The fraction of sp³-hybridized carbons (Fsp3) is 0.263. The van der Waals surface area contributed by atoms with Gasteiger partial charge in [-0.15, -0.1) is 5.10 Å². The summed E-state index contributed by atoms with van der Waals surface area (Å²) < 4.78 is 7.32. The van der Waals surface area contributed by atoms with Crippen LogP contribution in [-0.4, -0.2) is 45.8 Å². The van der Waals surface area contributed by atoms with Crippen molar-refractivity contribution in [2.75, 3.05) is 31.1 Å². The lowest BCUT2D eigenvalue weighted by molar-refractivity contribution is -0.384. The van der Waals surface area contributed by atoms with Gasteiger partial charge < -0.3 is 9.32 Å². The molecule has 0 bridgehead atoms. The number of non-ortho nitro benzene ring substituents is 1. The number of hydrogen-bond acceptors (Lipinski definition) is 7. The van der Waals surface area contributed by atoms with Crippen LogP contribution in [0.2, 0.25) is 5.02 Å². The predicted molar refractivity (Wildman–Crippen MR) is 113 cm³/mol. The van der Waals surface area contributed by atoms with Crippen molar-refractivity contribution in [1.82, 2.24) is 14.7 Å². The number of halogens is 1. The first-order valence-corrected chi connectivity index (χ1v) is 9.84. The molecule has 4 rings (SSSR count). The van der Waals surface area contributed by atoms with Gasteiger partial charge >= 0.3 is 0 Å². The summed E-state index contributed by atoms with van der Waals surface area (Å²) in [6.07, 6.45) is 0. The van der Waals surface area contributed by atoms with Crippen LogP contribution in [0, 0.1) is 15.0 Å². The minimum atomic E-state index is -0.387. The number of benzene rings is 2. The highest BCUT2D eigenvalue weighted by Crippen LogP contribution is 2.22. The first-order valence-electron chi connectivity index (χ1n) is 9.05. The molecule has 1 saturated heterocycles. The largest absolute Gasteiger partial charge is 0.409 e. The van der Waals surface area contributed by atoms with Crippen LogP contribution in [0.5, 0.6) is 0 Å². The second kappa shape index (κ2) is 8.32. The molecule has 0 aliphatic carbocycles. The molecule has 29 heavy (non-hydrogen) atoms. The molecule has 0 saturated carbocycles. The number of piperazine rings is 1. The highest BCUT2D eigenvalue weighted by atomic mass is 35.5. The summed E-state index contributed by atoms with van der Waals surface area (Å²) >= 11 is 11.2. The van der Waals surface area contributed by atoms with E-state index >= 15 is 0 Å². The van der Waals surface area contributed by atoms with Crippen molar-refractivity contribution >= 4 is 35.2 Å². The Morgan fingerprint density at radius 3 is 2.34 bits per heavy atom. The van der Waals surface area contributed by atoms with Crippen molar-refractivity contribution in [3.8, 4) is 11.5 Å². The van der Waals surface area contributed by atoms with Gasteiger partial charge in [0.2, 0.25) is 5.89 Å². The van der Waals surface area contributed by atoms with Gasteiger partial charge in [0, 0.05) is 54.6 Å². The van der Waals surface area contributed by atoms with Crippen LogP contribution in [0.4, 0.5) is 11.4 Å². The van der Waals surface area contributed by atoms with E-state index in [-0.39, 0.29) is 10.6 Å². The van der Waals surface area contributed by atoms with Crippen molar-refractivity contribution < 1.29 is 9.34 Å². The van der Waals surface area contributed by atoms with E-state index in [0.717, 1.165) is 37.4 Å². The van der Waals surface area contributed by atoms with Gasteiger partial charge in [-0.3, -0.25) is 15.0 Å². The topological polar surface area (TPSA) is 80.6 Å². The molecule has 150 valence electrons. The third-order valence-corrected chi connectivity index (χ3v) is 5.38. The molecule has 0 amide bonds. The molecule has 1 aromatic heterocycles. The molecular weight excluding hydrogens is 414 g/mol. The third kappa shape index (κ3) is 4.47. The average Bonchev–Trinajstić information content (AvgIpc) is 3.09. The fourth-order valence-corrected chi connectivity index (χ4v) is 3.53. The summed E-state index contributed by atoms with van der Waals surface area (Å²) in [4.78, 5) is 15.2. The van der Waals surface area contributed by atoms with Gasteiger partial charge in [-0.1, -0.05) is 11.6 Å². The van der Waals surface area contributed by atoms with Gasteiger partial charge in [-0.2, -0.15) is 0 Å². The standard InChI is InChI=1S/C19H18ClN5O3S/c20-15-3-1-14(2-4-15)18-21-24(19(29)28-18)13-22-9-11-23(12-10-22)16-5-7-17(8-6-16)25(26)27/h1-8H,9-13H2. The van der Waals surface area contributed by atoms with Gasteiger partial charge in [0.15, 0.2) is 0 Å². The van der Waals surface area contributed by atoms with E-state index in [1.807, 2.05) is 12.1 Å². The molecular formula is C19H18ClN5O3S.